The van der Waals surface area contributed by atoms with Gasteiger partial charge in [0.1, 0.15) is 0 Å². The second-order valence-corrected chi connectivity index (χ2v) is 7.89. The average molecular weight is 356 g/mol. The number of hydrogen-bond donors (Lipinski definition) is 1. The van der Waals surface area contributed by atoms with E-state index in [2.05, 4.69) is 43.1 Å². The Balaban J connectivity index is 3.19. The topological polar surface area (TPSA) is 18.5 Å². The van der Waals surface area contributed by atoms with Crippen LogP contribution in [0.25, 0.3) is 0 Å². The molecule has 0 aliphatic heterocycles. The first-order valence-electron chi connectivity index (χ1n) is 11.3. The number of likely N-dealkylation sites (N-methyl/N-ethyl adjacent to an activating group) is 2. The summed E-state index contributed by atoms with van der Waals surface area (Å²) in [4.78, 5) is 4.91. The van der Waals surface area contributed by atoms with E-state index in [-0.39, 0.29) is 0 Å². The molecule has 0 saturated heterocycles. The van der Waals surface area contributed by atoms with Crippen molar-refractivity contribution >= 4 is 0 Å². The molecule has 0 aromatic rings. The van der Waals surface area contributed by atoms with E-state index in [9.17, 15) is 0 Å². The van der Waals surface area contributed by atoms with Crippen LogP contribution in [-0.2, 0) is 0 Å². The number of nitrogens with one attached hydrogen (secondary N) is 1. The van der Waals surface area contributed by atoms with Crippen molar-refractivity contribution in [1.82, 2.24) is 15.1 Å². The fraction of sp³-hybridized carbons (Fsp3) is 1.00. The molecule has 0 aliphatic carbocycles. The Morgan fingerprint density at radius 1 is 0.480 bits per heavy atom. The van der Waals surface area contributed by atoms with Gasteiger partial charge in [0.05, 0.1) is 0 Å². The summed E-state index contributed by atoms with van der Waals surface area (Å²) in [6.07, 6.45) is 16.8. The minimum atomic E-state index is 1.13. The van der Waals surface area contributed by atoms with Crippen LogP contribution in [0.1, 0.15) is 90.9 Å². The van der Waals surface area contributed by atoms with Gasteiger partial charge < -0.3 is 15.1 Å². The highest BCUT2D eigenvalue weighted by molar-refractivity contribution is 4.59. The minimum absolute atomic E-state index is 1.13. The molecule has 0 aromatic carbocycles. The second kappa shape index (κ2) is 20.2. The van der Waals surface area contributed by atoms with Crippen LogP contribution < -0.4 is 5.32 Å². The maximum absolute atomic E-state index is 3.61. The zero-order chi connectivity index (χ0) is 18.6. The van der Waals surface area contributed by atoms with Crippen LogP contribution in [0.4, 0.5) is 0 Å². The van der Waals surface area contributed by atoms with Gasteiger partial charge in [0, 0.05) is 26.2 Å². The lowest BCUT2D eigenvalue weighted by atomic mass is 10.1. The predicted octanol–water partition coefficient (Wildman–Crippen LogP) is 5.16. The third-order valence-electron chi connectivity index (χ3n) is 5.13. The highest BCUT2D eigenvalue weighted by Crippen LogP contribution is 2.10. The normalized spacial score (nSPS) is 11.8. The Morgan fingerprint density at radius 2 is 0.960 bits per heavy atom. The third kappa shape index (κ3) is 20.0. The van der Waals surface area contributed by atoms with Crippen LogP contribution >= 0.6 is 0 Å². The van der Waals surface area contributed by atoms with E-state index >= 15 is 0 Å². The molecular weight excluding hydrogens is 306 g/mol. The molecule has 0 saturated carbocycles. The Morgan fingerprint density at radius 3 is 1.52 bits per heavy atom. The van der Waals surface area contributed by atoms with Crippen molar-refractivity contribution in [3.05, 3.63) is 0 Å². The standard InChI is InChI=1S/C22H49N3/c1-5-7-9-10-11-12-13-14-15-16-17-23-18-20-25(4)22-21-24(3)19-8-6-2/h23H,5-22H2,1-4H3. The van der Waals surface area contributed by atoms with E-state index in [0.29, 0.717) is 0 Å². The average Bonchev–Trinajstić information content (AvgIpc) is 2.62. The zero-order valence-corrected chi connectivity index (χ0v) is 18.1. The lowest BCUT2D eigenvalue weighted by Crippen LogP contribution is -2.35. The third-order valence-corrected chi connectivity index (χ3v) is 5.13. The summed E-state index contributed by atoms with van der Waals surface area (Å²) in [5.74, 6) is 0. The largest absolute Gasteiger partial charge is 0.315 e. The molecule has 3 nitrogen and oxygen atoms in total. The summed E-state index contributed by atoms with van der Waals surface area (Å²) < 4.78 is 0. The van der Waals surface area contributed by atoms with Gasteiger partial charge in [-0.1, -0.05) is 78.1 Å². The van der Waals surface area contributed by atoms with Crippen molar-refractivity contribution in [1.29, 1.82) is 0 Å². The van der Waals surface area contributed by atoms with Gasteiger partial charge >= 0.3 is 0 Å². The molecule has 152 valence electrons. The molecule has 0 aliphatic rings. The van der Waals surface area contributed by atoms with Gasteiger partial charge in [-0.05, 0) is 40.0 Å². The molecule has 0 bridgehead atoms. The fourth-order valence-corrected chi connectivity index (χ4v) is 3.13. The van der Waals surface area contributed by atoms with E-state index in [1.54, 1.807) is 0 Å². The number of hydrogen-bond acceptors (Lipinski definition) is 3. The van der Waals surface area contributed by atoms with Crippen molar-refractivity contribution in [2.45, 2.75) is 90.9 Å². The first-order valence-corrected chi connectivity index (χ1v) is 11.3. The molecule has 3 heteroatoms. The molecule has 0 heterocycles. The minimum Gasteiger partial charge on any atom is -0.315 e. The lowest BCUT2D eigenvalue weighted by Gasteiger charge is -2.22. The summed E-state index contributed by atoms with van der Waals surface area (Å²) >= 11 is 0. The van der Waals surface area contributed by atoms with Gasteiger partial charge in [-0.2, -0.15) is 0 Å². The van der Waals surface area contributed by atoms with Gasteiger partial charge in [0.25, 0.3) is 0 Å². The lowest BCUT2D eigenvalue weighted by molar-refractivity contribution is 0.254. The smallest absolute Gasteiger partial charge is 0.0107 e. The second-order valence-electron chi connectivity index (χ2n) is 7.89. The molecule has 0 rings (SSSR count). The van der Waals surface area contributed by atoms with Crippen molar-refractivity contribution in [3.8, 4) is 0 Å². The first kappa shape index (κ1) is 24.9. The van der Waals surface area contributed by atoms with Crippen molar-refractivity contribution in [2.75, 3.05) is 53.4 Å². The van der Waals surface area contributed by atoms with Crippen LogP contribution in [0.15, 0.2) is 0 Å². The zero-order valence-electron chi connectivity index (χ0n) is 18.1. The molecule has 0 radical (unpaired) electrons. The number of unbranched alkanes of at least 4 members (excludes halogenated alkanes) is 10. The summed E-state index contributed by atoms with van der Waals surface area (Å²) in [6, 6.07) is 0. The Hall–Kier alpha value is -0.120. The fourth-order valence-electron chi connectivity index (χ4n) is 3.13. The van der Waals surface area contributed by atoms with Crippen molar-refractivity contribution in [3.63, 3.8) is 0 Å². The summed E-state index contributed by atoms with van der Waals surface area (Å²) in [7, 11) is 4.49. The summed E-state index contributed by atoms with van der Waals surface area (Å²) in [5.41, 5.74) is 0. The molecule has 0 aromatic heterocycles. The highest BCUT2D eigenvalue weighted by Gasteiger charge is 2.01. The first-order chi connectivity index (χ1) is 12.2. The van der Waals surface area contributed by atoms with E-state index in [4.69, 9.17) is 0 Å². The molecule has 0 unspecified atom stereocenters. The molecule has 0 amide bonds. The molecule has 25 heavy (non-hydrogen) atoms. The predicted molar refractivity (Wildman–Crippen MR) is 115 cm³/mol. The molecule has 0 spiro atoms. The van der Waals surface area contributed by atoms with E-state index in [0.717, 1.165) is 6.54 Å². The van der Waals surface area contributed by atoms with E-state index < -0.39 is 0 Å². The number of nitrogens with zero attached hydrogens (tertiary/aromatic N) is 2. The van der Waals surface area contributed by atoms with Gasteiger partial charge in [0.2, 0.25) is 0 Å². The van der Waals surface area contributed by atoms with Gasteiger partial charge in [0.15, 0.2) is 0 Å². The summed E-state index contributed by atoms with van der Waals surface area (Å²) in [5, 5.41) is 3.61. The Bertz CT molecular complexity index is 245. The van der Waals surface area contributed by atoms with Crippen LogP contribution in [0.3, 0.4) is 0 Å². The van der Waals surface area contributed by atoms with E-state index in [1.807, 2.05) is 0 Å². The Kier molecular flexibility index (Phi) is 20.1. The van der Waals surface area contributed by atoms with Crippen LogP contribution in [-0.4, -0.2) is 63.2 Å². The maximum Gasteiger partial charge on any atom is 0.0107 e. The maximum atomic E-state index is 3.61. The molecule has 0 fully saturated rings. The highest BCUT2D eigenvalue weighted by atomic mass is 15.2. The van der Waals surface area contributed by atoms with Crippen LogP contribution in [0, 0.1) is 0 Å². The number of rotatable bonds is 20. The molecule has 0 atom stereocenters. The van der Waals surface area contributed by atoms with Crippen LogP contribution in [0.2, 0.25) is 0 Å². The van der Waals surface area contributed by atoms with Gasteiger partial charge in [-0.15, -0.1) is 0 Å². The summed E-state index contributed by atoms with van der Waals surface area (Å²) in [6.45, 7) is 11.7. The van der Waals surface area contributed by atoms with Gasteiger partial charge in [-0.25, -0.2) is 0 Å². The van der Waals surface area contributed by atoms with E-state index in [1.165, 1.54) is 110 Å². The molecular formula is C22H49N3. The van der Waals surface area contributed by atoms with Crippen molar-refractivity contribution < 1.29 is 0 Å². The molecule has 1 N–H and O–H groups in total. The monoisotopic (exact) mass is 355 g/mol. The SMILES string of the molecule is CCCCCCCCCCCCNCCN(C)CCN(C)CCCC. The van der Waals surface area contributed by atoms with Gasteiger partial charge in [-0.3, -0.25) is 0 Å². The van der Waals surface area contributed by atoms with Crippen LogP contribution in [0.5, 0.6) is 0 Å². The van der Waals surface area contributed by atoms with Crippen molar-refractivity contribution in [2.24, 2.45) is 0 Å². The quantitative estimate of drug-likeness (QED) is 0.304. The Labute approximate surface area is 159 Å².